The lowest BCUT2D eigenvalue weighted by Crippen LogP contribution is -2.26. The monoisotopic (exact) mass is 311 g/mol. The Bertz CT molecular complexity index is 390. The van der Waals surface area contributed by atoms with Gasteiger partial charge in [-0.15, -0.1) is 0 Å². The van der Waals surface area contributed by atoms with Crippen LogP contribution in [0.3, 0.4) is 0 Å². The van der Waals surface area contributed by atoms with Gasteiger partial charge in [-0.2, -0.15) is 0 Å². The maximum atomic E-state index is 5.27. The molecule has 0 aromatic heterocycles. The number of benzene rings is 1. The van der Waals surface area contributed by atoms with Crippen LogP contribution in [0.15, 0.2) is 22.7 Å². The van der Waals surface area contributed by atoms with E-state index < -0.39 is 0 Å². The van der Waals surface area contributed by atoms with Crippen LogP contribution in [0.1, 0.15) is 31.7 Å². The van der Waals surface area contributed by atoms with Crippen molar-refractivity contribution in [3.8, 4) is 5.75 Å². The summed E-state index contributed by atoms with van der Waals surface area (Å²) in [5, 5.41) is 0. The van der Waals surface area contributed by atoms with E-state index in [2.05, 4.69) is 39.9 Å². The Morgan fingerprint density at radius 2 is 2.17 bits per heavy atom. The quantitative estimate of drug-likeness (QED) is 0.752. The van der Waals surface area contributed by atoms with E-state index in [1.165, 1.54) is 37.9 Å². The lowest BCUT2D eigenvalue weighted by atomic mass is 10.2. The average molecular weight is 312 g/mol. The smallest absolute Gasteiger partial charge is 0.133 e. The third-order valence-electron chi connectivity index (χ3n) is 3.38. The van der Waals surface area contributed by atoms with E-state index in [-0.39, 0.29) is 0 Å². The third kappa shape index (κ3) is 3.99. The topological polar surface area (TPSA) is 12.5 Å². The molecule has 18 heavy (non-hydrogen) atoms. The molecule has 1 aliphatic carbocycles. The van der Waals surface area contributed by atoms with Crippen LogP contribution in [0.2, 0.25) is 0 Å². The van der Waals surface area contributed by atoms with Crippen LogP contribution in [-0.2, 0) is 6.54 Å². The van der Waals surface area contributed by atoms with Crippen molar-refractivity contribution in [1.82, 2.24) is 4.90 Å². The Morgan fingerprint density at radius 1 is 1.39 bits per heavy atom. The zero-order valence-electron chi connectivity index (χ0n) is 11.3. The molecule has 2 rings (SSSR count). The number of methoxy groups -OCH3 is 1. The first-order valence-electron chi connectivity index (χ1n) is 6.77. The van der Waals surface area contributed by atoms with Crippen molar-refractivity contribution >= 4 is 15.9 Å². The highest BCUT2D eigenvalue weighted by Gasteiger charge is 2.23. The SMILES string of the molecule is CCCN(Cc1ccc(OC)c(Br)c1)CC1CC1. The van der Waals surface area contributed by atoms with E-state index in [1.54, 1.807) is 7.11 Å². The summed E-state index contributed by atoms with van der Waals surface area (Å²) in [4.78, 5) is 2.58. The lowest BCUT2D eigenvalue weighted by molar-refractivity contribution is 0.255. The zero-order chi connectivity index (χ0) is 13.0. The molecule has 1 aliphatic rings. The minimum atomic E-state index is 0.906. The third-order valence-corrected chi connectivity index (χ3v) is 4.00. The van der Waals surface area contributed by atoms with E-state index >= 15 is 0 Å². The molecule has 0 heterocycles. The van der Waals surface area contributed by atoms with Crippen molar-refractivity contribution in [2.45, 2.75) is 32.7 Å². The van der Waals surface area contributed by atoms with Crippen molar-refractivity contribution < 1.29 is 4.74 Å². The summed E-state index contributed by atoms with van der Waals surface area (Å²) < 4.78 is 6.31. The second-order valence-corrected chi connectivity index (χ2v) is 6.00. The summed E-state index contributed by atoms with van der Waals surface area (Å²) >= 11 is 3.56. The van der Waals surface area contributed by atoms with E-state index in [0.717, 1.165) is 22.7 Å². The molecule has 0 N–H and O–H groups in total. The maximum Gasteiger partial charge on any atom is 0.133 e. The van der Waals surface area contributed by atoms with Gasteiger partial charge in [-0.25, -0.2) is 0 Å². The van der Waals surface area contributed by atoms with Gasteiger partial charge < -0.3 is 4.74 Å². The fourth-order valence-corrected chi connectivity index (χ4v) is 2.87. The number of hydrogen-bond acceptors (Lipinski definition) is 2. The molecule has 100 valence electrons. The van der Waals surface area contributed by atoms with E-state index in [4.69, 9.17) is 4.74 Å². The average Bonchev–Trinajstić information content (AvgIpc) is 3.13. The number of nitrogens with zero attached hydrogens (tertiary/aromatic N) is 1. The molecule has 0 amide bonds. The van der Waals surface area contributed by atoms with Gasteiger partial charge in [0, 0.05) is 13.1 Å². The van der Waals surface area contributed by atoms with Crippen molar-refractivity contribution in [3.05, 3.63) is 28.2 Å². The summed E-state index contributed by atoms with van der Waals surface area (Å²) in [5.41, 5.74) is 1.36. The number of hydrogen-bond donors (Lipinski definition) is 0. The van der Waals surface area contributed by atoms with Crippen LogP contribution in [0.4, 0.5) is 0 Å². The molecule has 1 fully saturated rings. The fourth-order valence-electron chi connectivity index (χ4n) is 2.28. The van der Waals surface area contributed by atoms with Gasteiger partial charge >= 0.3 is 0 Å². The molecular formula is C15H22BrNO. The van der Waals surface area contributed by atoms with Crippen LogP contribution in [0, 0.1) is 5.92 Å². The van der Waals surface area contributed by atoms with Crippen LogP contribution >= 0.6 is 15.9 Å². The highest BCUT2D eigenvalue weighted by molar-refractivity contribution is 9.10. The molecule has 0 unspecified atom stereocenters. The minimum absolute atomic E-state index is 0.906. The number of ether oxygens (including phenoxy) is 1. The lowest BCUT2D eigenvalue weighted by Gasteiger charge is -2.22. The largest absolute Gasteiger partial charge is 0.496 e. The summed E-state index contributed by atoms with van der Waals surface area (Å²) in [5.74, 6) is 1.86. The second kappa shape index (κ2) is 6.58. The molecule has 1 aromatic carbocycles. The van der Waals surface area contributed by atoms with Crippen LogP contribution in [0.5, 0.6) is 5.75 Å². The van der Waals surface area contributed by atoms with Crippen molar-refractivity contribution in [1.29, 1.82) is 0 Å². The predicted molar refractivity (Wildman–Crippen MR) is 79.0 cm³/mol. The highest BCUT2D eigenvalue weighted by atomic mass is 79.9. The Labute approximate surface area is 118 Å². The van der Waals surface area contributed by atoms with Gasteiger partial charge in [0.25, 0.3) is 0 Å². The molecule has 0 bridgehead atoms. The highest BCUT2D eigenvalue weighted by Crippen LogP contribution is 2.31. The summed E-state index contributed by atoms with van der Waals surface area (Å²) in [6.07, 6.45) is 4.07. The molecular weight excluding hydrogens is 290 g/mol. The van der Waals surface area contributed by atoms with Gasteiger partial charge in [-0.05, 0) is 65.4 Å². The molecule has 0 radical (unpaired) electrons. The number of rotatable bonds is 7. The first-order chi connectivity index (χ1) is 8.72. The molecule has 2 nitrogen and oxygen atoms in total. The van der Waals surface area contributed by atoms with Gasteiger partial charge in [0.15, 0.2) is 0 Å². The zero-order valence-corrected chi connectivity index (χ0v) is 12.9. The van der Waals surface area contributed by atoms with Gasteiger partial charge in [0.05, 0.1) is 11.6 Å². The van der Waals surface area contributed by atoms with E-state index in [0.29, 0.717) is 0 Å². The minimum Gasteiger partial charge on any atom is -0.496 e. The molecule has 0 spiro atoms. The maximum absolute atomic E-state index is 5.27. The standard InChI is InChI=1S/C15H22BrNO/c1-3-8-17(10-12-4-5-12)11-13-6-7-15(18-2)14(16)9-13/h6-7,9,12H,3-5,8,10-11H2,1-2H3. The first kappa shape index (κ1) is 13.9. The van der Waals surface area contributed by atoms with Crippen LogP contribution < -0.4 is 4.74 Å². The Morgan fingerprint density at radius 3 is 2.72 bits per heavy atom. The normalized spacial score (nSPS) is 15.1. The number of halogens is 1. The predicted octanol–water partition coefficient (Wildman–Crippen LogP) is 4.08. The van der Waals surface area contributed by atoms with Crippen molar-refractivity contribution in [3.63, 3.8) is 0 Å². The Kier molecular flexibility index (Phi) is 5.07. The van der Waals surface area contributed by atoms with E-state index in [9.17, 15) is 0 Å². The summed E-state index contributed by atoms with van der Waals surface area (Å²) in [6.45, 7) is 5.76. The van der Waals surface area contributed by atoms with Crippen molar-refractivity contribution in [2.75, 3.05) is 20.2 Å². The van der Waals surface area contributed by atoms with Gasteiger partial charge in [-0.3, -0.25) is 4.90 Å². The molecule has 0 atom stereocenters. The van der Waals surface area contributed by atoms with Crippen LogP contribution in [0.25, 0.3) is 0 Å². The molecule has 0 saturated heterocycles. The van der Waals surface area contributed by atoms with Crippen LogP contribution in [-0.4, -0.2) is 25.1 Å². The molecule has 3 heteroatoms. The second-order valence-electron chi connectivity index (χ2n) is 5.15. The Balaban J connectivity index is 1.98. The molecule has 1 saturated carbocycles. The molecule has 1 aromatic rings. The first-order valence-corrected chi connectivity index (χ1v) is 7.57. The van der Waals surface area contributed by atoms with E-state index in [1.807, 2.05) is 6.07 Å². The van der Waals surface area contributed by atoms with Gasteiger partial charge in [-0.1, -0.05) is 13.0 Å². The summed E-state index contributed by atoms with van der Waals surface area (Å²) in [6, 6.07) is 6.38. The summed E-state index contributed by atoms with van der Waals surface area (Å²) in [7, 11) is 1.70. The van der Waals surface area contributed by atoms with Gasteiger partial charge in [0.1, 0.15) is 5.75 Å². The molecule has 0 aliphatic heterocycles. The van der Waals surface area contributed by atoms with Crippen molar-refractivity contribution in [2.24, 2.45) is 5.92 Å². The fraction of sp³-hybridized carbons (Fsp3) is 0.600. The van der Waals surface area contributed by atoms with Gasteiger partial charge in [0.2, 0.25) is 0 Å². The Hall–Kier alpha value is -0.540.